The Kier molecular flexibility index (Phi) is 2.74. The molecule has 0 atom stereocenters. The van der Waals surface area contributed by atoms with E-state index in [1.165, 1.54) is 6.07 Å². The van der Waals surface area contributed by atoms with E-state index in [1.54, 1.807) is 18.2 Å². The molecule has 76 valence electrons. The molecule has 0 aliphatic rings. The molecule has 2 aromatic rings. The first kappa shape index (κ1) is 10.2. The average Bonchev–Trinajstić information content (AvgIpc) is 2.23. The maximum Gasteiger partial charge on any atom is 0.131 e. The van der Waals surface area contributed by atoms with Gasteiger partial charge in [-0.3, -0.25) is 0 Å². The van der Waals surface area contributed by atoms with Gasteiger partial charge >= 0.3 is 0 Å². The summed E-state index contributed by atoms with van der Waals surface area (Å²) in [5.41, 5.74) is 2.42. The van der Waals surface area contributed by atoms with Gasteiger partial charge in [0.1, 0.15) is 5.82 Å². The highest BCUT2D eigenvalue weighted by atomic mass is 35.5. The fourth-order valence-electron chi connectivity index (χ4n) is 1.51. The lowest BCUT2D eigenvalue weighted by atomic mass is 10.0. The third-order valence-electron chi connectivity index (χ3n) is 2.34. The highest BCUT2D eigenvalue weighted by Crippen LogP contribution is 2.26. The van der Waals surface area contributed by atoms with E-state index < -0.39 is 0 Å². The lowest BCUT2D eigenvalue weighted by molar-refractivity contribution is 0.631. The zero-order valence-corrected chi connectivity index (χ0v) is 9.05. The predicted octanol–water partition coefficient (Wildman–Crippen LogP) is 4.45. The van der Waals surface area contributed by atoms with Crippen LogP contribution in [0.1, 0.15) is 5.56 Å². The van der Waals surface area contributed by atoms with Crippen molar-refractivity contribution in [2.45, 2.75) is 6.92 Å². The molecule has 2 rings (SSSR count). The van der Waals surface area contributed by atoms with Crippen molar-refractivity contribution in [2.24, 2.45) is 0 Å². The van der Waals surface area contributed by atoms with E-state index in [0.717, 1.165) is 11.1 Å². The molecule has 0 radical (unpaired) electrons. The van der Waals surface area contributed by atoms with Gasteiger partial charge < -0.3 is 0 Å². The minimum atomic E-state index is -0.209. The van der Waals surface area contributed by atoms with Crippen LogP contribution in [0.25, 0.3) is 11.1 Å². The van der Waals surface area contributed by atoms with E-state index in [4.69, 9.17) is 11.6 Å². The SMILES string of the molecule is Cc1cc(-c2ccccc2F)ccc1Cl. The Balaban J connectivity index is 2.55. The average molecular weight is 221 g/mol. The number of rotatable bonds is 1. The van der Waals surface area contributed by atoms with Crippen molar-refractivity contribution in [3.63, 3.8) is 0 Å². The van der Waals surface area contributed by atoms with Crippen molar-refractivity contribution in [2.75, 3.05) is 0 Å². The second-order valence-corrected chi connectivity index (χ2v) is 3.85. The molecule has 0 fully saturated rings. The van der Waals surface area contributed by atoms with E-state index >= 15 is 0 Å². The van der Waals surface area contributed by atoms with Crippen molar-refractivity contribution in [1.82, 2.24) is 0 Å². The van der Waals surface area contributed by atoms with Crippen LogP contribution < -0.4 is 0 Å². The first-order valence-electron chi connectivity index (χ1n) is 4.69. The second-order valence-electron chi connectivity index (χ2n) is 3.44. The molecule has 0 nitrogen and oxygen atoms in total. The molecule has 0 aliphatic carbocycles. The standard InChI is InChI=1S/C13H10ClF/c1-9-8-10(6-7-12(9)14)11-4-2-3-5-13(11)15/h2-8H,1H3. The maximum atomic E-state index is 13.5. The predicted molar refractivity (Wildman–Crippen MR) is 61.6 cm³/mol. The molecule has 0 saturated carbocycles. The Bertz CT molecular complexity index is 492. The first-order chi connectivity index (χ1) is 7.18. The van der Waals surface area contributed by atoms with Crippen LogP contribution in [0.4, 0.5) is 4.39 Å². The molecule has 2 heteroatoms. The number of halogens is 2. The van der Waals surface area contributed by atoms with E-state index in [9.17, 15) is 4.39 Å². The molecule has 0 bridgehead atoms. The fraction of sp³-hybridized carbons (Fsp3) is 0.0769. The molecule has 0 aliphatic heterocycles. The Morgan fingerprint density at radius 3 is 2.47 bits per heavy atom. The van der Waals surface area contributed by atoms with Crippen molar-refractivity contribution in [1.29, 1.82) is 0 Å². The van der Waals surface area contributed by atoms with Crippen LogP contribution in [0.15, 0.2) is 42.5 Å². The minimum absolute atomic E-state index is 0.209. The van der Waals surface area contributed by atoms with Crippen molar-refractivity contribution in [3.8, 4) is 11.1 Å². The van der Waals surface area contributed by atoms with Gasteiger partial charge in [0.05, 0.1) is 0 Å². The van der Waals surface area contributed by atoms with Gasteiger partial charge in [-0.1, -0.05) is 35.9 Å². The normalized spacial score (nSPS) is 10.3. The molecule has 2 aromatic carbocycles. The van der Waals surface area contributed by atoms with Crippen molar-refractivity contribution in [3.05, 3.63) is 58.9 Å². The van der Waals surface area contributed by atoms with E-state index in [2.05, 4.69) is 0 Å². The van der Waals surface area contributed by atoms with E-state index in [-0.39, 0.29) is 5.82 Å². The van der Waals surface area contributed by atoms with Gasteiger partial charge in [0.2, 0.25) is 0 Å². The quantitative estimate of drug-likeness (QED) is 0.666. The molecule has 0 amide bonds. The lowest BCUT2D eigenvalue weighted by Gasteiger charge is -2.05. The smallest absolute Gasteiger partial charge is 0.131 e. The fourth-order valence-corrected chi connectivity index (χ4v) is 1.63. The topological polar surface area (TPSA) is 0 Å². The summed E-state index contributed by atoms with van der Waals surface area (Å²) >= 11 is 5.91. The van der Waals surface area contributed by atoms with E-state index in [1.807, 2.05) is 25.1 Å². The number of hydrogen-bond acceptors (Lipinski definition) is 0. The first-order valence-corrected chi connectivity index (χ1v) is 5.07. The van der Waals surface area contributed by atoms with Crippen LogP contribution in [0, 0.1) is 12.7 Å². The zero-order chi connectivity index (χ0) is 10.8. The molecule has 0 spiro atoms. The van der Waals surface area contributed by atoms with Gasteiger partial charge in [0.15, 0.2) is 0 Å². The molecule has 0 saturated heterocycles. The van der Waals surface area contributed by atoms with E-state index in [0.29, 0.717) is 10.6 Å². The van der Waals surface area contributed by atoms with Crippen LogP contribution in [-0.4, -0.2) is 0 Å². The summed E-state index contributed by atoms with van der Waals surface area (Å²) in [6, 6.07) is 12.2. The molecule has 0 aromatic heterocycles. The van der Waals surface area contributed by atoms with Gasteiger partial charge in [-0.25, -0.2) is 4.39 Å². The summed E-state index contributed by atoms with van der Waals surface area (Å²) in [7, 11) is 0. The van der Waals surface area contributed by atoms with Crippen LogP contribution >= 0.6 is 11.6 Å². The Hall–Kier alpha value is -1.34. The molecular weight excluding hydrogens is 211 g/mol. The van der Waals surface area contributed by atoms with Crippen LogP contribution in [0.5, 0.6) is 0 Å². The molecule has 0 N–H and O–H groups in total. The van der Waals surface area contributed by atoms with Crippen molar-refractivity contribution >= 4 is 11.6 Å². The third-order valence-corrected chi connectivity index (χ3v) is 2.77. The third kappa shape index (κ3) is 2.02. The summed E-state index contributed by atoms with van der Waals surface area (Å²) in [5.74, 6) is -0.209. The van der Waals surface area contributed by atoms with Gasteiger partial charge in [-0.05, 0) is 36.2 Å². The molecule has 0 heterocycles. The maximum absolute atomic E-state index is 13.5. The Morgan fingerprint density at radius 1 is 1.07 bits per heavy atom. The van der Waals surface area contributed by atoms with Gasteiger partial charge in [0, 0.05) is 10.6 Å². The van der Waals surface area contributed by atoms with Crippen LogP contribution in [0.3, 0.4) is 0 Å². The second kappa shape index (κ2) is 4.03. The summed E-state index contributed by atoms with van der Waals surface area (Å²) < 4.78 is 13.5. The number of aryl methyl sites for hydroxylation is 1. The van der Waals surface area contributed by atoms with Gasteiger partial charge in [0.25, 0.3) is 0 Å². The van der Waals surface area contributed by atoms with Crippen LogP contribution in [0.2, 0.25) is 5.02 Å². The Labute approximate surface area is 93.3 Å². The Morgan fingerprint density at radius 2 is 1.80 bits per heavy atom. The highest BCUT2D eigenvalue weighted by molar-refractivity contribution is 6.31. The summed E-state index contributed by atoms with van der Waals surface area (Å²) in [5, 5.41) is 0.704. The molecule has 0 unspecified atom stereocenters. The minimum Gasteiger partial charge on any atom is -0.206 e. The largest absolute Gasteiger partial charge is 0.206 e. The highest BCUT2D eigenvalue weighted by Gasteiger charge is 2.04. The zero-order valence-electron chi connectivity index (χ0n) is 8.30. The molecular formula is C13H10ClF. The lowest BCUT2D eigenvalue weighted by Crippen LogP contribution is -1.84. The summed E-state index contributed by atoms with van der Waals surface area (Å²) in [6.07, 6.45) is 0. The van der Waals surface area contributed by atoms with Gasteiger partial charge in [-0.2, -0.15) is 0 Å². The summed E-state index contributed by atoms with van der Waals surface area (Å²) in [4.78, 5) is 0. The number of benzene rings is 2. The summed E-state index contributed by atoms with van der Waals surface area (Å²) in [6.45, 7) is 1.91. The van der Waals surface area contributed by atoms with Gasteiger partial charge in [-0.15, -0.1) is 0 Å². The van der Waals surface area contributed by atoms with Crippen LogP contribution in [-0.2, 0) is 0 Å². The molecule has 15 heavy (non-hydrogen) atoms. The van der Waals surface area contributed by atoms with Crippen molar-refractivity contribution < 1.29 is 4.39 Å². The number of hydrogen-bond donors (Lipinski definition) is 0. The monoisotopic (exact) mass is 220 g/mol.